The van der Waals surface area contributed by atoms with Gasteiger partial charge in [-0.1, -0.05) is 23.2 Å². The van der Waals surface area contributed by atoms with Crippen LogP contribution in [0.15, 0.2) is 61.3 Å². The van der Waals surface area contributed by atoms with Crippen LogP contribution in [0.3, 0.4) is 0 Å². The maximum absolute atomic E-state index is 13.6. The van der Waals surface area contributed by atoms with Crippen LogP contribution in [0.2, 0.25) is 10.2 Å². The van der Waals surface area contributed by atoms with E-state index in [0.29, 0.717) is 12.1 Å². The smallest absolute Gasteiger partial charge is 0.312 e. The normalized spacial score (nSPS) is 12.7. The number of hydrogen-bond donors (Lipinski definition) is 6. The lowest BCUT2D eigenvalue weighted by Gasteiger charge is -2.12. The lowest BCUT2D eigenvalue weighted by atomic mass is 10.1. The molecule has 4 rings (SSSR count). The Bertz CT molecular complexity index is 2170. The van der Waals surface area contributed by atoms with E-state index in [9.17, 15) is 48.4 Å². The van der Waals surface area contributed by atoms with Crippen molar-refractivity contribution >= 4 is 92.9 Å². The number of rotatable bonds is 7. The predicted molar refractivity (Wildman–Crippen MR) is 145 cm³/mol. The highest BCUT2D eigenvalue weighted by Crippen LogP contribution is 2.43. The lowest BCUT2D eigenvalue weighted by molar-refractivity contribution is 0.471. The molecule has 0 spiro atoms. The first-order valence-corrected chi connectivity index (χ1v) is 15.6. The van der Waals surface area contributed by atoms with Crippen LogP contribution in [0.4, 0.5) is 33.0 Å². The third-order valence-corrected chi connectivity index (χ3v) is 8.61. The fourth-order valence-electron chi connectivity index (χ4n) is 3.55. The van der Waals surface area contributed by atoms with Crippen LogP contribution in [0, 0.1) is 6.08 Å². The molecule has 0 saturated carbocycles. The standard InChI is InChI=1S/C20H13Cl2FN6O10S3/c21-15-18(22)26-20(23)27-19(15)25-8-1-2-12(41(34,35)36)10(5-8)28-29-17-13(42(37,38)39)4-7-3-9(40(31,32)33)6-11(30)14(7)16(17)24/h1-6,30H,24H2,(H,25,26,27)(H,31,32,33)(H,34,35,36)(H,37,38,39). The molecule has 3 aromatic carbocycles. The minimum absolute atomic E-state index is 0.0794. The van der Waals surface area contributed by atoms with Crippen molar-refractivity contribution < 1.29 is 48.4 Å². The molecule has 0 atom stereocenters. The molecule has 0 amide bonds. The zero-order chi connectivity index (χ0) is 31.4. The van der Waals surface area contributed by atoms with Gasteiger partial charge in [0, 0.05) is 17.1 Å². The summed E-state index contributed by atoms with van der Waals surface area (Å²) in [6.07, 6.45) is -1.27. The SMILES string of the molecule is Nc1c(N=Nc2cc(Nc3nc(F)nc(Cl)c3Cl)ccc2S(=O)(=O)O)c(S(=O)(=O)O)cc2cc(S(=O)(=O)O)cc(O)c12. The topological polar surface area (TPSA) is 272 Å². The zero-order valence-electron chi connectivity index (χ0n) is 19.9. The average molecular weight is 683 g/mol. The third-order valence-electron chi connectivity index (χ3n) is 5.28. The largest absolute Gasteiger partial charge is 0.507 e. The number of nitrogens with zero attached hydrogens (tertiary/aromatic N) is 4. The molecule has 0 bridgehead atoms. The number of benzene rings is 3. The van der Waals surface area contributed by atoms with Crippen molar-refractivity contribution in [3.8, 4) is 5.75 Å². The van der Waals surface area contributed by atoms with Gasteiger partial charge in [0.1, 0.15) is 31.9 Å². The van der Waals surface area contributed by atoms with Crippen LogP contribution in [-0.4, -0.2) is 54.0 Å². The molecule has 0 aliphatic carbocycles. The molecule has 0 radical (unpaired) electrons. The molecule has 0 aliphatic rings. The van der Waals surface area contributed by atoms with Gasteiger partial charge >= 0.3 is 6.08 Å². The third kappa shape index (κ3) is 6.34. The van der Waals surface area contributed by atoms with Crippen molar-refractivity contribution in [3.63, 3.8) is 0 Å². The van der Waals surface area contributed by atoms with E-state index in [1.807, 2.05) is 0 Å². The van der Waals surface area contributed by atoms with Gasteiger partial charge < -0.3 is 16.2 Å². The summed E-state index contributed by atoms with van der Waals surface area (Å²) in [5.74, 6) is -1.21. The maximum Gasteiger partial charge on any atom is 0.312 e. The van der Waals surface area contributed by atoms with Crippen molar-refractivity contribution in [2.45, 2.75) is 14.7 Å². The molecule has 42 heavy (non-hydrogen) atoms. The number of halogens is 3. The van der Waals surface area contributed by atoms with Gasteiger partial charge in [-0.3, -0.25) is 13.7 Å². The van der Waals surface area contributed by atoms with Gasteiger partial charge in [-0.25, -0.2) is 0 Å². The van der Waals surface area contributed by atoms with Gasteiger partial charge in [0.05, 0.1) is 10.6 Å². The van der Waals surface area contributed by atoms with Gasteiger partial charge in [-0.05, 0) is 35.7 Å². The summed E-state index contributed by atoms with van der Waals surface area (Å²) in [6, 6.07) is 4.83. The van der Waals surface area contributed by atoms with Crippen molar-refractivity contribution in [2.75, 3.05) is 11.1 Å². The van der Waals surface area contributed by atoms with Gasteiger partial charge in [0.15, 0.2) is 11.0 Å². The number of nitrogens with two attached hydrogens (primary N) is 1. The Morgan fingerprint density at radius 3 is 2.10 bits per heavy atom. The maximum atomic E-state index is 13.6. The number of anilines is 3. The lowest BCUT2D eigenvalue weighted by Crippen LogP contribution is -2.03. The molecular weight excluding hydrogens is 670 g/mol. The highest BCUT2D eigenvalue weighted by atomic mass is 35.5. The Labute approximate surface area is 244 Å². The number of aromatic nitrogens is 2. The minimum atomic E-state index is -5.20. The quantitative estimate of drug-likeness (QED) is 0.0522. The number of phenolic OH excluding ortho intramolecular Hbond substituents is 1. The van der Waals surface area contributed by atoms with Gasteiger partial charge in [0.25, 0.3) is 30.4 Å². The van der Waals surface area contributed by atoms with Crippen molar-refractivity contribution in [1.29, 1.82) is 0 Å². The summed E-state index contributed by atoms with van der Waals surface area (Å²) in [5.41, 5.74) is 3.73. The van der Waals surface area contributed by atoms with Crippen molar-refractivity contribution in [2.24, 2.45) is 10.2 Å². The summed E-state index contributed by atoms with van der Waals surface area (Å²) < 4.78 is 114. The van der Waals surface area contributed by atoms with Crippen molar-refractivity contribution in [1.82, 2.24) is 9.97 Å². The predicted octanol–water partition coefficient (Wildman–Crippen LogP) is 4.26. The average Bonchev–Trinajstić information content (AvgIpc) is 2.84. The minimum Gasteiger partial charge on any atom is -0.507 e. The van der Waals surface area contributed by atoms with Gasteiger partial charge in [0.2, 0.25) is 0 Å². The molecule has 0 unspecified atom stereocenters. The van der Waals surface area contributed by atoms with E-state index in [1.54, 1.807) is 0 Å². The van der Waals surface area contributed by atoms with Crippen LogP contribution >= 0.6 is 23.2 Å². The molecule has 0 fully saturated rings. The monoisotopic (exact) mass is 682 g/mol. The Morgan fingerprint density at radius 2 is 1.50 bits per heavy atom. The van der Waals surface area contributed by atoms with E-state index < -0.39 is 79.1 Å². The zero-order valence-corrected chi connectivity index (χ0v) is 23.9. The van der Waals surface area contributed by atoms with Crippen LogP contribution < -0.4 is 11.1 Å². The first-order valence-electron chi connectivity index (χ1n) is 10.5. The number of phenols is 1. The summed E-state index contributed by atoms with van der Waals surface area (Å²) in [5, 5.41) is 18.6. The van der Waals surface area contributed by atoms with Crippen molar-refractivity contribution in [3.05, 3.63) is 52.7 Å². The number of azo groups is 1. The highest BCUT2D eigenvalue weighted by molar-refractivity contribution is 7.86. The fourth-order valence-corrected chi connectivity index (χ4v) is 5.65. The molecular formula is C20H13Cl2FN6O10S3. The Hall–Kier alpha value is -3.76. The number of hydrogen-bond acceptors (Lipinski definition) is 13. The van der Waals surface area contributed by atoms with Crippen LogP contribution in [0.25, 0.3) is 10.8 Å². The second-order valence-electron chi connectivity index (χ2n) is 8.06. The number of nitrogen functional groups attached to an aromatic ring is 1. The molecule has 4 aromatic rings. The van der Waals surface area contributed by atoms with E-state index in [2.05, 4.69) is 25.5 Å². The van der Waals surface area contributed by atoms with Crippen LogP contribution in [-0.2, 0) is 30.4 Å². The Balaban J connectivity index is 1.94. The molecule has 7 N–H and O–H groups in total. The number of aromatic hydroxyl groups is 1. The van der Waals surface area contributed by atoms with Crippen LogP contribution in [0.5, 0.6) is 5.75 Å². The Kier molecular flexibility index (Phi) is 8.03. The van der Waals surface area contributed by atoms with E-state index in [0.717, 1.165) is 24.3 Å². The molecule has 16 nitrogen and oxygen atoms in total. The molecule has 222 valence electrons. The second-order valence-corrected chi connectivity index (χ2v) is 13.0. The molecule has 1 aromatic heterocycles. The van der Waals surface area contributed by atoms with E-state index in [1.165, 1.54) is 0 Å². The van der Waals surface area contributed by atoms with Gasteiger partial charge in [-0.15, -0.1) is 10.2 Å². The summed E-state index contributed by atoms with van der Waals surface area (Å²) in [7, 11) is -15.1. The summed E-state index contributed by atoms with van der Waals surface area (Å²) in [4.78, 5) is 3.87. The van der Waals surface area contributed by atoms with E-state index in [-0.39, 0.29) is 27.3 Å². The number of nitrogens with one attached hydrogen (secondary N) is 1. The first kappa shape index (κ1) is 31.2. The fraction of sp³-hybridized carbons (Fsp3) is 0. The first-order chi connectivity index (χ1) is 19.3. The second kappa shape index (κ2) is 10.8. The summed E-state index contributed by atoms with van der Waals surface area (Å²) in [6.45, 7) is 0. The highest BCUT2D eigenvalue weighted by Gasteiger charge is 2.25. The molecule has 0 aliphatic heterocycles. The molecule has 1 heterocycles. The van der Waals surface area contributed by atoms with Crippen LogP contribution in [0.1, 0.15) is 0 Å². The van der Waals surface area contributed by atoms with E-state index >= 15 is 0 Å². The molecule has 22 heteroatoms. The van der Waals surface area contributed by atoms with E-state index in [4.69, 9.17) is 28.9 Å². The molecule has 0 saturated heterocycles. The van der Waals surface area contributed by atoms with Gasteiger partial charge in [-0.2, -0.15) is 39.6 Å². The summed E-state index contributed by atoms with van der Waals surface area (Å²) >= 11 is 11.7. The number of fused-ring (bicyclic) bond motifs is 1. The Morgan fingerprint density at radius 1 is 0.857 bits per heavy atom.